The van der Waals surface area contributed by atoms with Crippen LogP contribution in [0.2, 0.25) is 0 Å². The van der Waals surface area contributed by atoms with E-state index in [4.69, 9.17) is 14.2 Å². The Morgan fingerprint density at radius 1 is 1.00 bits per heavy atom. The molecule has 1 heterocycles. The molecule has 2 aromatic carbocycles. The molecule has 210 valence electrons. The van der Waals surface area contributed by atoms with Crippen LogP contribution in [0.25, 0.3) is 0 Å². The molecule has 0 N–H and O–H groups in total. The Morgan fingerprint density at radius 3 is 2.56 bits per heavy atom. The van der Waals surface area contributed by atoms with Crippen molar-refractivity contribution in [2.75, 3.05) is 13.3 Å². The van der Waals surface area contributed by atoms with E-state index in [1.165, 1.54) is 24.0 Å². The molecule has 3 atom stereocenters. The number of nitrogens with zero attached hydrogens (tertiary/aromatic N) is 1. The van der Waals surface area contributed by atoms with E-state index in [2.05, 4.69) is 26.0 Å². The molecule has 2 bridgehead atoms. The van der Waals surface area contributed by atoms with Crippen molar-refractivity contribution < 1.29 is 23.8 Å². The third-order valence-electron chi connectivity index (χ3n) is 9.28. The summed E-state index contributed by atoms with van der Waals surface area (Å²) in [5.74, 6) is 0.979. The predicted molar refractivity (Wildman–Crippen MR) is 150 cm³/mol. The van der Waals surface area contributed by atoms with Crippen LogP contribution in [0.15, 0.2) is 48.5 Å². The van der Waals surface area contributed by atoms with Crippen molar-refractivity contribution in [3.63, 3.8) is 0 Å². The summed E-state index contributed by atoms with van der Waals surface area (Å²) in [7, 11) is 0. The Morgan fingerprint density at radius 2 is 1.79 bits per heavy atom. The van der Waals surface area contributed by atoms with Gasteiger partial charge in [0.05, 0.1) is 5.92 Å². The number of carbonyl (C=O) groups excluding carboxylic acids is 2. The van der Waals surface area contributed by atoms with E-state index in [-0.39, 0.29) is 36.2 Å². The Labute approximate surface area is 233 Å². The molecule has 0 radical (unpaired) electrons. The smallest absolute Gasteiger partial charge is 0.410 e. The lowest BCUT2D eigenvalue weighted by Gasteiger charge is -2.58. The highest BCUT2D eigenvalue weighted by Crippen LogP contribution is 2.56. The maximum atomic E-state index is 13.3. The highest BCUT2D eigenvalue weighted by atomic mass is 16.7. The summed E-state index contributed by atoms with van der Waals surface area (Å²) >= 11 is 0. The summed E-state index contributed by atoms with van der Waals surface area (Å²) in [6, 6.07) is 16.4. The zero-order valence-corrected chi connectivity index (χ0v) is 23.5. The van der Waals surface area contributed by atoms with Crippen molar-refractivity contribution in [2.24, 2.45) is 11.8 Å². The van der Waals surface area contributed by atoms with Crippen LogP contribution in [0.5, 0.6) is 5.75 Å². The van der Waals surface area contributed by atoms with Crippen molar-refractivity contribution in [1.82, 2.24) is 4.90 Å². The molecular formula is C33H43NO5. The van der Waals surface area contributed by atoms with E-state index in [1.54, 1.807) is 0 Å². The maximum Gasteiger partial charge on any atom is 0.410 e. The van der Waals surface area contributed by atoms with Crippen molar-refractivity contribution in [1.29, 1.82) is 0 Å². The fraction of sp³-hybridized carbons (Fsp3) is 0.576. The van der Waals surface area contributed by atoms with Gasteiger partial charge in [-0.05, 0) is 73.3 Å². The van der Waals surface area contributed by atoms with Gasteiger partial charge in [0.25, 0.3) is 0 Å². The van der Waals surface area contributed by atoms with Gasteiger partial charge in [0.2, 0.25) is 6.79 Å². The average molecular weight is 534 g/mol. The van der Waals surface area contributed by atoms with Crippen LogP contribution >= 0.6 is 0 Å². The number of hydrogen-bond acceptors (Lipinski definition) is 5. The molecular weight excluding hydrogens is 490 g/mol. The quantitative estimate of drug-likeness (QED) is 0.239. The number of carbonyl (C=O) groups is 2. The minimum atomic E-state index is -0.197. The molecule has 6 heteroatoms. The lowest BCUT2D eigenvalue weighted by atomic mass is 9.52. The maximum absolute atomic E-state index is 13.3. The van der Waals surface area contributed by atoms with Gasteiger partial charge in [-0.2, -0.15) is 0 Å². The van der Waals surface area contributed by atoms with E-state index in [0.717, 1.165) is 62.7 Å². The van der Waals surface area contributed by atoms with Crippen molar-refractivity contribution in [3.05, 3.63) is 65.2 Å². The minimum Gasteiger partial charge on any atom is -0.457 e. The molecule has 1 aliphatic heterocycles. The second-order valence-corrected chi connectivity index (χ2v) is 11.6. The Hall–Kier alpha value is -3.02. The number of ether oxygens (including phenoxy) is 3. The molecule has 0 unspecified atom stereocenters. The first-order valence-electron chi connectivity index (χ1n) is 15.0. The van der Waals surface area contributed by atoms with Gasteiger partial charge in [-0.15, -0.1) is 0 Å². The standard InChI is InChI=1S/C33H43NO5/c1-3-10-25(11-4-2)31(35)39-23-38-27-16-15-26-20-30-28-14-8-9-17-33(28,29(26)21-27)18-19-34(30)32(36)37-22-24-12-6-5-7-13-24/h5-7,12-13,15-16,21,25,28,30H,3-4,8-11,14,17-20,22-23H2,1-2H3/t28-,30-,33+/m1/s1. The van der Waals surface area contributed by atoms with Gasteiger partial charge in [-0.3, -0.25) is 4.79 Å². The SMILES string of the molecule is CCCC(CCC)C(=O)OCOc1ccc2c(c1)[C@]13CCCC[C@@H]1[C@@H](C2)N(C(=O)OCc1ccccc1)CC3. The molecule has 2 fully saturated rings. The lowest BCUT2D eigenvalue weighted by molar-refractivity contribution is -0.155. The summed E-state index contributed by atoms with van der Waals surface area (Å²) in [6.45, 7) is 5.16. The average Bonchev–Trinajstić information content (AvgIpc) is 2.96. The minimum absolute atomic E-state index is 0.0458. The summed E-state index contributed by atoms with van der Waals surface area (Å²) in [5.41, 5.74) is 3.75. The lowest BCUT2D eigenvalue weighted by Crippen LogP contribution is -2.62. The zero-order chi connectivity index (χ0) is 27.2. The topological polar surface area (TPSA) is 65.1 Å². The summed E-state index contributed by atoms with van der Waals surface area (Å²) in [5, 5.41) is 0. The Bertz CT molecular complexity index is 1130. The molecule has 1 saturated carbocycles. The van der Waals surface area contributed by atoms with E-state index < -0.39 is 0 Å². The van der Waals surface area contributed by atoms with Gasteiger partial charge >= 0.3 is 12.1 Å². The van der Waals surface area contributed by atoms with Gasteiger partial charge < -0.3 is 19.1 Å². The third-order valence-corrected chi connectivity index (χ3v) is 9.28. The summed E-state index contributed by atoms with van der Waals surface area (Å²) in [6.07, 6.45) is 9.92. The monoisotopic (exact) mass is 533 g/mol. The van der Waals surface area contributed by atoms with E-state index in [1.807, 2.05) is 41.3 Å². The molecule has 0 spiro atoms. The van der Waals surface area contributed by atoms with Crippen LogP contribution < -0.4 is 4.74 Å². The first-order valence-corrected chi connectivity index (χ1v) is 15.0. The largest absolute Gasteiger partial charge is 0.457 e. The number of benzene rings is 2. The fourth-order valence-corrected chi connectivity index (χ4v) is 7.45. The van der Waals surface area contributed by atoms with Gasteiger partial charge in [0.1, 0.15) is 12.4 Å². The van der Waals surface area contributed by atoms with Crippen molar-refractivity contribution in [2.45, 2.75) is 96.1 Å². The van der Waals surface area contributed by atoms with E-state index >= 15 is 0 Å². The first kappa shape index (κ1) is 27.5. The van der Waals surface area contributed by atoms with Crippen LogP contribution in [0, 0.1) is 11.8 Å². The van der Waals surface area contributed by atoms with Gasteiger partial charge in [-0.25, -0.2) is 4.79 Å². The number of amides is 1. The number of likely N-dealkylation sites (tertiary alicyclic amines) is 1. The molecule has 2 aliphatic carbocycles. The molecule has 0 aromatic heterocycles. The van der Waals surface area contributed by atoms with Crippen LogP contribution in [0.4, 0.5) is 4.79 Å². The number of esters is 1. The molecule has 1 saturated heterocycles. The van der Waals surface area contributed by atoms with Gasteiger partial charge in [-0.1, -0.05) is 75.9 Å². The van der Waals surface area contributed by atoms with Crippen LogP contribution in [-0.2, 0) is 32.7 Å². The van der Waals surface area contributed by atoms with E-state index in [0.29, 0.717) is 19.1 Å². The van der Waals surface area contributed by atoms with Crippen LogP contribution in [-0.4, -0.2) is 36.3 Å². The highest BCUT2D eigenvalue weighted by Gasteiger charge is 2.55. The third kappa shape index (κ3) is 5.80. The van der Waals surface area contributed by atoms with Crippen molar-refractivity contribution >= 4 is 12.1 Å². The Kier molecular flexibility index (Phi) is 8.79. The predicted octanol–water partition coefficient (Wildman–Crippen LogP) is 7.18. The van der Waals surface area contributed by atoms with Crippen LogP contribution in [0.1, 0.15) is 88.3 Å². The first-order chi connectivity index (χ1) is 19.1. The number of piperidine rings is 1. The molecule has 3 aliphatic rings. The number of fused-ring (bicyclic) bond motifs is 1. The van der Waals surface area contributed by atoms with Gasteiger partial charge in [0, 0.05) is 18.0 Å². The fourth-order valence-electron chi connectivity index (χ4n) is 7.45. The molecule has 2 aromatic rings. The van der Waals surface area contributed by atoms with E-state index in [9.17, 15) is 9.59 Å². The molecule has 6 nitrogen and oxygen atoms in total. The molecule has 1 amide bonds. The number of hydrogen-bond donors (Lipinski definition) is 0. The highest BCUT2D eigenvalue weighted by molar-refractivity contribution is 5.72. The van der Waals surface area contributed by atoms with Crippen LogP contribution in [0.3, 0.4) is 0 Å². The van der Waals surface area contributed by atoms with Crippen molar-refractivity contribution in [3.8, 4) is 5.75 Å². The van der Waals surface area contributed by atoms with Gasteiger partial charge in [0.15, 0.2) is 0 Å². The normalized spacial score (nSPS) is 23.5. The summed E-state index contributed by atoms with van der Waals surface area (Å²) < 4.78 is 17.3. The number of rotatable bonds is 10. The summed E-state index contributed by atoms with van der Waals surface area (Å²) in [4.78, 5) is 27.8. The second kappa shape index (κ2) is 12.4. The Balaban J connectivity index is 1.28. The second-order valence-electron chi connectivity index (χ2n) is 11.6. The molecule has 5 rings (SSSR count). The molecule has 39 heavy (non-hydrogen) atoms. The zero-order valence-electron chi connectivity index (χ0n) is 23.5.